The van der Waals surface area contributed by atoms with Gasteiger partial charge in [-0.2, -0.15) is 18.3 Å². The molecular weight excluding hydrogens is 319 g/mol. The van der Waals surface area contributed by atoms with E-state index in [-0.39, 0.29) is 12.2 Å². The molecule has 0 amide bonds. The van der Waals surface area contributed by atoms with E-state index in [9.17, 15) is 18.0 Å². The first-order chi connectivity index (χ1) is 11.4. The zero-order valence-electron chi connectivity index (χ0n) is 12.4. The summed E-state index contributed by atoms with van der Waals surface area (Å²) >= 11 is 0. The minimum absolute atomic E-state index is 0.0644. The van der Waals surface area contributed by atoms with Gasteiger partial charge in [0.2, 0.25) is 0 Å². The van der Waals surface area contributed by atoms with Crippen LogP contribution in [0, 0.1) is 0 Å². The van der Waals surface area contributed by atoms with Crippen LogP contribution < -0.4 is 5.56 Å². The second-order valence-corrected chi connectivity index (χ2v) is 5.14. The fourth-order valence-corrected chi connectivity index (χ4v) is 2.30. The van der Waals surface area contributed by atoms with Gasteiger partial charge in [0.05, 0.1) is 12.1 Å². The molecule has 0 aliphatic rings. The molecule has 0 aliphatic heterocycles. The Morgan fingerprint density at radius 1 is 1.00 bits per heavy atom. The molecule has 0 saturated carbocycles. The summed E-state index contributed by atoms with van der Waals surface area (Å²) < 4.78 is 39.4. The number of halogens is 3. The van der Waals surface area contributed by atoms with Gasteiger partial charge in [0.25, 0.3) is 5.56 Å². The highest BCUT2D eigenvalue weighted by Gasteiger charge is 2.30. The van der Waals surface area contributed by atoms with Crippen molar-refractivity contribution >= 4 is 0 Å². The van der Waals surface area contributed by atoms with Gasteiger partial charge in [0, 0.05) is 5.56 Å². The standard InChI is InChI=1S/C17H12F3N3O/c18-17(19,20)14-8-4-5-12(9-14)10-23-16(24)15(21-11-22-23)13-6-2-1-3-7-13/h1-9,11H,10H2. The van der Waals surface area contributed by atoms with Crippen LogP contribution in [0.15, 0.2) is 65.7 Å². The molecule has 122 valence electrons. The molecule has 24 heavy (non-hydrogen) atoms. The summed E-state index contributed by atoms with van der Waals surface area (Å²) in [5.74, 6) is 0. The first-order valence-electron chi connectivity index (χ1n) is 7.09. The Morgan fingerprint density at radius 2 is 1.75 bits per heavy atom. The molecule has 3 rings (SSSR count). The van der Waals surface area contributed by atoms with Crippen LogP contribution in [0.2, 0.25) is 0 Å². The van der Waals surface area contributed by atoms with Gasteiger partial charge in [-0.15, -0.1) is 0 Å². The normalized spacial score (nSPS) is 11.5. The van der Waals surface area contributed by atoms with Gasteiger partial charge < -0.3 is 0 Å². The van der Waals surface area contributed by atoms with Crippen molar-refractivity contribution in [1.29, 1.82) is 0 Å². The van der Waals surface area contributed by atoms with Gasteiger partial charge in [-0.25, -0.2) is 9.67 Å². The number of nitrogens with zero attached hydrogens (tertiary/aromatic N) is 3. The average Bonchev–Trinajstić information content (AvgIpc) is 2.57. The third-order valence-corrected chi connectivity index (χ3v) is 3.45. The second kappa shape index (κ2) is 6.27. The predicted molar refractivity (Wildman–Crippen MR) is 82.3 cm³/mol. The summed E-state index contributed by atoms with van der Waals surface area (Å²) in [6, 6.07) is 13.7. The average molecular weight is 331 g/mol. The van der Waals surface area contributed by atoms with E-state index in [2.05, 4.69) is 10.1 Å². The van der Waals surface area contributed by atoms with Gasteiger partial charge in [0.1, 0.15) is 12.0 Å². The van der Waals surface area contributed by atoms with Crippen molar-refractivity contribution in [2.45, 2.75) is 12.7 Å². The van der Waals surface area contributed by atoms with Crippen LogP contribution in [0.3, 0.4) is 0 Å². The van der Waals surface area contributed by atoms with Crippen LogP contribution in [0.1, 0.15) is 11.1 Å². The van der Waals surface area contributed by atoms with E-state index in [0.29, 0.717) is 11.1 Å². The van der Waals surface area contributed by atoms with Gasteiger partial charge >= 0.3 is 6.18 Å². The summed E-state index contributed by atoms with van der Waals surface area (Å²) in [4.78, 5) is 16.5. The molecule has 7 heteroatoms. The van der Waals surface area contributed by atoms with Crippen molar-refractivity contribution in [3.63, 3.8) is 0 Å². The van der Waals surface area contributed by atoms with Crippen LogP contribution in [0.5, 0.6) is 0 Å². The largest absolute Gasteiger partial charge is 0.416 e. The number of hydrogen-bond donors (Lipinski definition) is 0. The fourth-order valence-electron chi connectivity index (χ4n) is 2.30. The highest BCUT2D eigenvalue weighted by molar-refractivity contribution is 5.57. The molecule has 0 aliphatic carbocycles. The first-order valence-corrected chi connectivity index (χ1v) is 7.09. The van der Waals surface area contributed by atoms with Crippen LogP contribution in [0.25, 0.3) is 11.3 Å². The van der Waals surface area contributed by atoms with Crippen molar-refractivity contribution in [2.75, 3.05) is 0 Å². The SMILES string of the molecule is O=c1c(-c2ccccc2)ncnn1Cc1cccc(C(F)(F)F)c1. The summed E-state index contributed by atoms with van der Waals surface area (Å²) in [6.45, 7) is -0.0644. The maximum Gasteiger partial charge on any atom is 0.416 e. The second-order valence-electron chi connectivity index (χ2n) is 5.14. The lowest BCUT2D eigenvalue weighted by molar-refractivity contribution is -0.137. The van der Waals surface area contributed by atoms with Crippen molar-refractivity contribution in [3.8, 4) is 11.3 Å². The van der Waals surface area contributed by atoms with Gasteiger partial charge in [-0.05, 0) is 17.7 Å². The Labute approximate surface area is 135 Å². The lowest BCUT2D eigenvalue weighted by Gasteiger charge is -2.10. The van der Waals surface area contributed by atoms with E-state index in [1.807, 2.05) is 6.07 Å². The number of alkyl halides is 3. The Morgan fingerprint density at radius 3 is 2.46 bits per heavy atom. The molecule has 0 saturated heterocycles. The predicted octanol–water partition coefficient (Wildman–Crippen LogP) is 3.37. The molecular formula is C17H12F3N3O. The maximum absolute atomic E-state index is 12.8. The molecule has 1 aromatic heterocycles. The summed E-state index contributed by atoms with van der Waals surface area (Å²) in [5.41, 5.74) is -0.0450. The quantitative estimate of drug-likeness (QED) is 0.739. The molecule has 0 bridgehead atoms. The zero-order valence-corrected chi connectivity index (χ0v) is 12.4. The zero-order chi connectivity index (χ0) is 17.2. The number of hydrogen-bond acceptors (Lipinski definition) is 3. The monoisotopic (exact) mass is 331 g/mol. The van der Waals surface area contributed by atoms with Crippen LogP contribution in [-0.4, -0.2) is 14.8 Å². The Bertz CT molecular complexity index is 905. The molecule has 0 unspecified atom stereocenters. The Balaban J connectivity index is 1.96. The topological polar surface area (TPSA) is 47.8 Å². The van der Waals surface area contributed by atoms with E-state index in [0.717, 1.165) is 16.8 Å². The minimum Gasteiger partial charge on any atom is -0.265 e. The van der Waals surface area contributed by atoms with Crippen LogP contribution >= 0.6 is 0 Å². The molecule has 3 aromatic rings. The summed E-state index contributed by atoms with van der Waals surface area (Å²) in [7, 11) is 0. The van der Waals surface area contributed by atoms with Crippen molar-refractivity contribution < 1.29 is 13.2 Å². The van der Waals surface area contributed by atoms with E-state index >= 15 is 0 Å². The minimum atomic E-state index is -4.43. The molecule has 1 heterocycles. The lowest BCUT2D eigenvalue weighted by Crippen LogP contribution is -2.26. The maximum atomic E-state index is 12.8. The fraction of sp³-hybridized carbons (Fsp3) is 0.118. The van der Waals surface area contributed by atoms with E-state index in [1.54, 1.807) is 24.3 Å². The highest BCUT2D eigenvalue weighted by Crippen LogP contribution is 2.29. The molecule has 0 atom stereocenters. The van der Waals surface area contributed by atoms with Gasteiger partial charge in [-0.3, -0.25) is 4.79 Å². The van der Waals surface area contributed by atoms with Crippen LogP contribution in [0.4, 0.5) is 13.2 Å². The van der Waals surface area contributed by atoms with Gasteiger partial charge in [-0.1, -0.05) is 42.5 Å². The van der Waals surface area contributed by atoms with Gasteiger partial charge in [0.15, 0.2) is 0 Å². The number of benzene rings is 2. The number of aromatic nitrogens is 3. The molecule has 2 aromatic carbocycles. The number of rotatable bonds is 3. The van der Waals surface area contributed by atoms with Crippen LogP contribution in [-0.2, 0) is 12.7 Å². The molecule has 0 N–H and O–H groups in total. The molecule has 0 fully saturated rings. The third-order valence-electron chi connectivity index (χ3n) is 3.45. The molecule has 4 nitrogen and oxygen atoms in total. The van der Waals surface area contributed by atoms with E-state index in [4.69, 9.17) is 0 Å². The van der Waals surface area contributed by atoms with Crippen molar-refractivity contribution in [3.05, 3.63) is 82.4 Å². The summed E-state index contributed by atoms with van der Waals surface area (Å²) in [6.07, 6.45) is -3.21. The first kappa shape index (κ1) is 15.9. The Kier molecular flexibility index (Phi) is 4.16. The molecule has 0 radical (unpaired) electrons. The smallest absolute Gasteiger partial charge is 0.265 e. The molecule has 0 spiro atoms. The lowest BCUT2D eigenvalue weighted by atomic mass is 10.1. The van der Waals surface area contributed by atoms with Crippen molar-refractivity contribution in [1.82, 2.24) is 14.8 Å². The highest BCUT2D eigenvalue weighted by atomic mass is 19.4. The van der Waals surface area contributed by atoms with Crippen molar-refractivity contribution in [2.24, 2.45) is 0 Å². The van der Waals surface area contributed by atoms with E-state index < -0.39 is 17.3 Å². The Hall–Kier alpha value is -2.96. The summed E-state index contributed by atoms with van der Waals surface area (Å²) in [5, 5.41) is 3.86. The third kappa shape index (κ3) is 3.34. The van der Waals surface area contributed by atoms with E-state index in [1.165, 1.54) is 18.5 Å².